The maximum atomic E-state index is 6.11. The van der Waals surface area contributed by atoms with Crippen LogP contribution in [0.2, 0.25) is 0 Å². The molecule has 0 fully saturated rings. The molecule has 0 rings (SSSR count). The molecule has 2 N–H and O–H groups in total. The van der Waals surface area contributed by atoms with Gasteiger partial charge in [0, 0.05) is 6.04 Å². The lowest BCUT2D eigenvalue weighted by molar-refractivity contribution is 0.247. The van der Waals surface area contributed by atoms with Crippen molar-refractivity contribution in [1.82, 2.24) is 0 Å². The van der Waals surface area contributed by atoms with E-state index in [1.807, 2.05) is 0 Å². The molecule has 1 atom stereocenters. The Hall–Kier alpha value is -0.0400. The van der Waals surface area contributed by atoms with Gasteiger partial charge < -0.3 is 5.73 Å². The molecule has 0 aliphatic carbocycles. The summed E-state index contributed by atoms with van der Waals surface area (Å²) in [4.78, 5) is 0. The lowest BCUT2D eigenvalue weighted by Gasteiger charge is -2.31. The average Bonchev–Trinajstić information content (AvgIpc) is 2.22. The number of hydrogen-bond acceptors (Lipinski definition) is 1. The second-order valence-electron chi connectivity index (χ2n) is 5.52. The number of unbranched alkanes of at least 4 members (excludes halogenated alkanes) is 5. The molecular formula is C14H31N. The third kappa shape index (κ3) is 6.94. The predicted octanol–water partition coefficient (Wildman–Crippen LogP) is 4.50. The Morgan fingerprint density at radius 3 is 2.00 bits per heavy atom. The van der Waals surface area contributed by atoms with E-state index in [-0.39, 0.29) is 0 Å². The summed E-state index contributed by atoms with van der Waals surface area (Å²) < 4.78 is 0. The van der Waals surface area contributed by atoms with Gasteiger partial charge in [-0.05, 0) is 18.3 Å². The number of nitrogens with two attached hydrogens (primary N) is 1. The fraction of sp³-hybridized carbons (Fsp3) is 1.00. The quantitative estimate of drug-likeness (QED) is 0.561. The van der Waals surface area contributed by atoms with Crippen molar-refractivity contribution in [3.8, 4) is 0 Å². The molecule has 1 unspecified atom stereocenters. The van der Waals surface area contributed by atoms with Gasteiger partial charge in [0.2, 0.25) is 0 Å². The third-order valence-electron chi connectivity index (χ3n) is 3.62. The summed E-state index contributed by atoms with van der Waals surface area (Å²) >= 11 is 0. The van der Waals surface area contributed by atoms with Crippen molar-refractivity contribution >= 4 is 0 Å². The standard InChI is InChI=1S/C14H31N/c1-5-7-8-9-10-11-12-14(3,4)13(15)6-2/h13H,5-12,15H2,1-4H3. The minimum atomic E-state index is 0.333. The van der Waals surface area contributed by atoms with Crippen molar-refractivity contribution in [1.29, 1.82) is 0 Å². The smallest absolute Gasteiger partial charge is 0.00876 e. The summed E-state index contributed by atoms with van der Waals surface area (Å²) in [5.41, 5.74) is 6.45. The van der Waals surface area contributed by atoms with E-state index in [1.165, 1.54) is 44.9 Å². The highest BCUT2D eigenvalue weighted by Crippen LogP contribution is 2.28. The highest BCUT2D eigenvalue weighted by Gasteiger charge is 2.23. The van der Waals surface area contributed by atoms with Crippen LogP contribution in [0.1, 0.15) is 79.1 Å². The van der Waals surface area contributed by atoms with E-state index in [0.29, 0.717) is 11.5 Å². The largest absolute Gasteiger partial charge is 0.327 e. The van der Waals surface area contributed by atoms with Crippen LogP contribution in [0.15, 0.2) is 0 Å². The normalized spacial score (nSPS) is 14.2. The zero-order chi connectivity index (χ0) is 11.7. The van der Waals surface area contributed by atoms with Crippen molar-refractivity contribution < 1.29 is 0 Å². The molecule has 92 valence electrons. The molecule has 0 bridgehead atoms. The minimum Gasteiger partial charge on any atom is -0.327 e. The first-order valence-electron chi connectivity index (χ1n) is 6.80. The second-order valence-corrected chi connectivity index (χ2v) is 5.52. The molecule has 0 aliphatic heterocycles. The third-order valence-corrected chi connectivity index (χ3v) is 3.62. The SMILES string of the molecule is CCCCCCCCC(C)(C)C(N)CC. The fourth-order valence-corrected chi connectivity index (χ4v) is 2.10. The van der Waals surface area contributed by atoms with Gasteiger partial charge in [-0.15, -0.1) is 0 Å². The highest BCUT2D eigenvalue weighted by molar-refractivity contribution is 4.79. The van der Waals surface area contributed by atoms with Crippen LogP contribution in [0, 0.1) is 5.41 Å². The Balaban J connectivity index is 3.48. The Morgan fingerprint density at radius 2 is 1.47 bits per heavy atom. The molecule has 1 nitrogen and oxygen atoms in total. The Labute approximate surface area is 96.8 Å². The van der Waals surface area contributed by atoms with Crippen LogP contribution in [0.5, 0.6) is 0 Å². The lowest BCUT2D eigenvalue weighted by atomic mass is 9.79. The molecular weight excluding hydrogens is 182 g/mol. The predicted molar refractivity (Wildman–Crippen MR) is 70.0 cm³/mol. The molecule has 0 saturated carbocycles. The molecule has 0 aliphatic rings. The van der Waals surface area contributed by atoms with E-state index >= 15 is 0 Å². The molecule has 0 aromatic rings. The second kappa shape index (κ2) is 8.15. The van der Waals surface area contributed by atoms with E-state index in [4.69, 9.17) is 5.73 Å². The van der Waals surface area contributed by atoms with Crippen LogP contribution >= 0.6 is 0 Å². The molecule has 15 heavy (non-hydrogen) atoms. The topological polar surface area (TPSA) is 26.0 Å². The first-order chi connectivity index (χ1) is 7.04. The van der Waals surface area contributed by atoms with Crippen molar-refractivity contribution in [3.63, 3.8) is 0 Å². The van der Waals surface area contributed by atoms with Crippen molar-refractivity contribution in [2.45, 2.75) is 85.1 Å². The van der Waals surface area contributed by atoms with E-state index in [2.05, 4.69) is 27.7 Å². The van der Waals surface area contributed by atoms with Gasteiger partial charge >= 0.3 is 0 Å². The van der Waals surface area contributed by atoms with Crippen LogP contribution in [0.3, 0.4) is 0 Å². The van der Waals surface area contributed by atoms with E-state index in [9.17, 15) is 0 Å². The Morgan fingerprint density at radius 1 is 0.933 bits per heavy atom. The number of rotatable bonds is 9. The summed E-state index contributed by atoms with van der Waals surface area (Å²) in [5.74, 6) is 0. The molecule has 0 saturated heterocycles. The summed E-state index contributed by atoms with van der Waals surface area (Å²) in [6.45, 7) is 9.08. The van der Waals surface area contributed by atoms with Crippen LogP contribution in [-0.2, 0) is 0 Å². The molecule has 0 heterocycles. The summed E-state index contributed by atoms with van der Waals surface area (Å²) in [6.07, 6.45) is 10.7. The molecule has 0 spiro atoms. The lowest BCUT2D eigenvalue weighted by Crippen LogP contribution is -2.36. The first-order valence-corrected chi connectivity index (χ1v) is 6.80. The van der Waals surface area contributed by atoms with E-state index in [1.54, 1.807) is 0 Å². The zero-order valence-electron chi connectivity index (χ0n) is 11.3. The van der Waals surface area contributed by atoms with Gasteiger partial charge in [-0.1, -0.05) is 66.2 Å². The van der Waals surface area contributed by atoms with Gasteiger partial charge in [-0.25, -0.2) is 0 Å². The maximum absolute atomic E-state index is 6.11. The van der Waals surface area contributed by atoms with E-state index in [0.717, 1.165) is 6.42 Å². The van der Waals surface area contributed by atoms with Crippen LogP contribution < -0.4 is 5.73 Å². The Kier molecular flexibility index (Phi) is 8.13. The van der Waals surface area contributed by atoms with Gasteiger partial charge in [0.1, 0.15) is 0 Å². The Bertz CT molecular complexity index is 140. The summed E-state index contributed by atoms with van der Waals surface area (Å²) in [7, 11) is 0. The fourth-order valence-electron chi connectivity index (χ4n) is 2.10. The van der Waals surface area contributed by atoms with Gasteiger partial charge in [-0.2, -0.15) is 0 Å². The monoisotopic (exact) mass is 213 g/mol. The molecule has 0 aromatic carbocycles. The summed E-state index contributed by atoms with van der Waals surface area (Å²) in [5, 5.41) is 0. The van der Waals surface area contributed by atoms with Crippen LogP contribution in [0.4, 0.5) is 0 Å². The highest BCUT2D eigenvalue weighted by atomic mass is 14.7. The number of hydrogen-bond donors (Lipinski definition) is 1. The summed E-state index contributed by atoms with van der Waals surface area (Å²) in [6, 6.07) is 0.369. The van der Waals surface area contributed by atoms with Crippen molar-refractivity contribution in [2.24, 2.45) is 11.1 Å². The molecule has 0 amide bonds. The van der Waals surface area contributed by atoms with Gasteiger partial charge in [-0.3, -0.25) is 0 Å². The van der Waals surface area contributed by atoms with Gasteiger partial charge in [0.25, 0.3) is 0 Å². The maximum Gasteiger partial charge on any atom is 0.00876 e. The van der Waals surface area contributed by atoms with Crippen molar-refractivity contribution in [3.05, 3.63) is 0 Å². The van der Waals surface area contributed by atoms with Crippen molar-refractivity contribution in [2.75, 3.05) is 0 Å². The molecule has 0 aromatic heterocycles. The van der Waals surface area contributed by atoms with Gasteiger partial charge in [0.15, 0.2) is 0 Å². The van der Waals surface area contributed by atoms with Crippen LogP contribution in [-0.4, -0.2) is 6.04 Å². The van der Waals surface area contributed by atoms with E-state index < -0.39 is 0 Å². The first kappa shape index (κ1) is 15.0. The minimum absolute atomic E-state index is 0.333. The van der Waals surface area contributed by atoms with Crippen LogP contribution in [0.25, 0.3) is 0 Å². The molecule has 1 heteroatoms. The van der Waals surface area contributed by atoms with Gasteiger partial charge in [0.05, 0.1) is 0 Å². The zero-order valence-corrected chi connectivity index (χ0v) is 11.3. The molecule has 0 radical (unpaired) electrons. The average molecular weight is 213 g/mol.